The molecule has 1 aromatic heterocycles. The molecule has 0 spiro atoms. The average molecular weight is 471 g/mol. The molecule has 0 unspecified atom stereocenters. The van der Waals surface area contributed by atoms with Gasteiger partial charge in [-0.15, -0.1) is 5.10 Å². The zero-order valence-corrected chi connectivity index (χ0v) is 19.3. The van der Waals surface area contributed by atoms with Gasteiger partial charge in [0.2, 0.25) is 5.91 Å². The molecule has 8 heteroatoms. The third kappa shape index (κ3) is 5.60. The molecule has 1 aliphatic heterocycles. The van der Waals surface area contributed by atoms with Crippen LogP contribution in [0.3, 0.4) is 0 Å². The number of halogens is 1. The fraction of sp³-hybridized carbons (Fsp3) is 0.259. The van der Waals surface area contributed by atoms with E-state index in [9.17, 15) is 9.18 Å². The van der Waals surface area contributed by atoms with Crippen LogP contribution in [-0.2, 0) is 17.8 Å². The first kappa shape index (κ1) is 22.9. The van der Waals surface area contributed by atoms with E-state index < -0.39 is 0 Å². The molecule has 0 bridgehead atoms. The molecule has 7 nitrogen and oxygen atoms in total. The number of likely N-dealkylation sites (tertiary alicyclic amines) is 1. The zero-order valence-electron chi connectivity index (χ0n) is 19.3. The number of carbonyl (C=O) groups is 1. The summed E-state index contributed by atoms with van der Waals surface area (Å²) in [5, 5.41) is 14.6. The minimum atomic E-state index is -0.286. The molecule has 4 aromatic rings. The van der Waals surface area contributed by atoms with E-state index in [0.29, 0.717) is 32.5 Å². The number of nitrogens with zero attached hydrogens (tertiary/aromatic N) is 5. The fourth-order valence-corrected chi connectivity index (χ4v) is 4.62. The minimum absolute atomic E-state index is 0.0106. The van der Waals surface area contributed by atoms with Crippen molar-refractivity contribution < 1.29 is 9.18 Å². The van der Waals surface area contributed by atoms with Gasteiger partial charge in [-0.3, -0.25) is 9.69 Å². The van der Waals surface area contributed by atoms with Gasteiger partial charge in [-0.2, -0.15) is 0 Å². The van der Waals surface area contributed by atoms with Crippen molar-refractivity contribution in [1.29, 1.82) is 0 Å². The lowest BCUT2D eigenvalue weighted by Crippen LogP contribution is -2.43. The van der Waals surface area contributed by atoms with Gasteiger partial charge in [-0.25, -0.2) is 9.07 Å². The lowest BCUT2D eigenvalue weighted by molar-refractivity contribution is -0.125. The highest BCUT2D eigenvalue weighted by molar-refractivity contribution is 5.82. The number of aromatic nitrogens is 4. The van der Waals surface area contributed by atoms with Gasteiger partial charge < -0.3 is 5.32 Å². The molecule has 1 amide bonds. The summed E-state index contributed by atoms with van der Waals surface area (Å²) in [5.41, 5.74) is 4.47. The molecule has 178 valence electrons. The summed E-state index contributed by atoms with van der Waals surface area (Å²) in [6.45, 7) is 1.83. The van der Waals surface area contributed by atoms with Crippen LogP contribution in [-0.4, -0.2) is 50.1 Å². The number of hydrogen-bond acceptors (Lipinski definition) is 5. The standard InChI is InChI=1S/C27H27FN6O/c28-24-12-8-20(9-13-24)14-15-29-27(35)26-16-25(34-19-30-31-32-34)18-33(26)17-21-6-10-23(11-7-21)22-4-2-1-3-5-22/h1-13,19,25-26H,14-18H2,(H,29,35)/t25-,26+/m1/s1. The Morgan fingerprint density at radius 2 is 1.66 bits per heavy atom. The van der Waals surface area contributed by atoms with Crippen molar-refractivity contribution in [2.45, 2.75) is 31.5 Å². The summed E-state index contributed by atoms with van der Waals surface area (Å²) in [6, 6.07) is 24.9. The Kier molecular flexibility index (Phi) is 6.90. The van der Waals surface area contributed by atoms with E-state index in [-0.39, 0.29) is 23.8 Å². The average Bonchev–Trinajstić information content (AvgIpc) is 3.57. The van der Waals surface area contributed by atoms with Gasteiger partial charge in [0, 0.05) is 19.6 Å². The van der Waals surface area contributed by atoms with Crippen molar-refractivity contribution in [3.05, 3.63) is 102 Å². The Hall–Kier alpha value is -3.91. The summed E-state index contributed by atoms with van der Waals surface area (Å²) in [6.07, 6.45) is 2.89. The zero-order chi connectivity index (χ0) is 24.0. The summed E-state index contributed by atoms with van der Waals surface area (Å²) in [4.78, 5) is 15.4. The van der Waals surface area contributed by atoms with Crippen LogP contribution in [0, 0.1) is 5.82 Å². The third-order valence-corrected chi connectivity index (χ3v) is 6.50. The van der Waals surface area contributed by atoms with Crippen LogP contribution in [0.1, 0.15) is 23.6 Å². The Balaban J connectivity index is 1.25. The Labute approximate surface area is 203 Å². The van der Waals surface area contributed by atoms with Crippen LogP contribution >= 0.6 is 0 Å². The quantitative estimate of drug-likeness (QED) is 0.425. The van der Waals surface area contributed by atoms with E-state index in [0.717, 1.165) is 16.7 Å². The van der Waals surface area contributed by atoms with Gasteiger partial charge in [-0.05, 0) is 57.7 Å². The molecule has 0 saturated carbocycles. The summed E-state index contributed by atoms with van der Waals surface area (Å²) < 4.78 is 14.9. The molecule has 0 aliphatic carbocycles. The Morgan fingerprint density at radius 3 is 2.37 bits per heavy atom. The maximum absolute atomic E-state index is 13.2. The van der Waals surface area contributed by atoms with Crippen LogP contribution in [0.2, 0.25) is 0 Å². The number of hydrogen-bond donors (Lipinski definition) is 1. The number of rotatable bonds is 8. The normalized spacial score (nSPS) is 18.0. The maximum Gasteiger partial charge on any atom is 0.237 e. The molecule has 35 heavy (non-hydrogen) atoms. The first-order valence-electron chi connectivity index (χ1n) is 11.8. The van der Waals surface area contributed by atoms with E-state index in [1.807, 2.05) is 18.2 Å². The molecule has 3 aromatic carbocycles. The van der Waals surface area contributed by atoms with Crippen molar-refractivity contribution >= 4 is 5.91 Å². The predicted molar refractivity (Wildman–Crippen MR) is 131 cm³/mol. The minimum Gasteiger partial charge on any atom is -0.354 e. The van der Waals surface area contributed by atoms with Gasteiger partial charge in [0.15, 0.2) is 0 Å². The van der Waals surface area contributed by atoms with E-state index in [1.54, 1.807) is 23.1 Å². The number of carbonyl (C=O) groups excluding carboxylic acids is 1. The van der Waals surface area contributed by atoms with Crippen LogP contribution in [0.25, 0.3) is 11.1 Å². The van der Waals surface area contributed by atoms with Gasteiger partial charge in [-0.1, -0.05) is 66.7 Å². The van der Waals surface area contributed by atoms with Crippen molar-refractivity contribution in [2.75, 3.05) is 13.1 Å². The van der Waals surface area contributed by atoms with Crippen LogP contribution in [0.4, 0.5) is 4.39 Å². The largest absolute Gasteiger partial charge is 0.354 e. The van der Waals surface area contributed by atoms with Crippen LogP contribution < -0.4 is 5.32 Å². The van der Waals surface area contributed by atoms with E-state index in [4.69, 9.17) is 0 Å². The molecular weight excluding hydrogens is 443 g/mol. The predicted octanol–water partition coefficient (Wildman–Crippen LogP) is 3.65. The lowest BCUT2D eigenvalue weighted by atomic mass is 10.0. The molecule has 2 heterocycles. The maximum atomic E-state index is 13.2. The second-order valence-corrected chi connectivity index (χ2v) is 8.86. The van der Waals surface area contributed by atoms with Gasteiger partial charge in [0.1, 0.15) is 12.1 Å². The smallest absolute Gasteiger partial charge is 0.237 e. The Morgan fingerprint density at radius 1 is 0.943 bits per heavy atom. The first-order chi connectivity index (χ1) is 17.2. The number of benzene rings is 3. The first-order valence-corrected chi connectivity index (χ1v) is 11.8. The Bertz CT molecular complexity index is 1230. The van der Waals surface area contributed by atoms with Crippen molar-refractivity contribution in [3.8, 4) is 11.1 Å². The second kappa shape index (κ2) is 10.6. The topological polar surface area (TPSA) is 75.9 Å². The molecular formula is C27H27FN6O. The van der Waals surface area contributed by atoms with Crippen LogP contribution in [0.5, 0.6) is 0 Å². The highest BCUT2D eigenvalue weighted by Gasteiger charge is 2.38. The molecule has 0 radical (unpaired) electrons. The lowest BCUT2D eigenvalue weighted by Gasteiger charge is -2.23. The highest BCUT2D eigenvalue weighted by Crippen LogP contribution is 2.29. The highest BCUT2D eigenvalue weighted by atomic mass is 19.1. The van der Waals surface area contributed by atoms with Gasteiger partial charge in [0.05, 0.1) is 12.1 Å². The molecule has 1 saturated heterocycles. The monoisotopic (exact) mass is 470 g/mol. The number of amides is 1. The van der Waals surface area contributed by atoms with Crippen molar-refractivity contribution in [3.63, 3.8) is 0 Å². The fourth-order valence-electron chi connectivity index (χ4n) is 4.62. The van der Waals surface area contributed by atoms with Crippen LogP contribution in [0.15, 0.2) is 85.2 Å². The summed E-state index contributed by atoms with van der Waals surface area (Å²) in [7, 11) is 0. The summed E-state index contributed by atoms with van der Waals surface area (Å²) in [5.74, 6) is -0.270. The number of nitrogens with one attached hydrogen (secondary N) is 1. The molecule has 1 N–H and O–H groups in total. The van der Waals surface area contributed by atoms with Gasteiger partial charge in [0.25, 0.3) is 0 Å². The van der Waals surface area contributed by atoms with E-state index >= 15 is 0 Å². The van der Waals surface area contributed by atoms with Gasteiger partial charge >= 0.3 is 0 Å². The molecule has 1 fully saturated rings. The second-order valence-electron chi connectivity index (χ2n) is 8.86. The number of tetrazole rings is 1. The molecule has 5 rings (SSSR count). The molecule has 1 aliphatic rings. The van der Waals surface area contributed by atoms with Crippen molar-refractivity contribution in [2.24, 2.45) is 0 Å². The van der Waals surface area contributed by atoms with Crippen molar-refractivity contribution in [1.82, 2.24) is 30.4 Å². The third-order valence-electron chi connectivity index (χ3n) is 6.50. The van der Waals surface area contributed by atoms with E-state index in [2.05, 4.69) is 62.1 Å². The SMILES string of the molecule is O=C(NCCc1ccc(F)cc1)[C@@H]1C[C@@H](n2cnnn2)CN1Cc1ccc(-c2ccccc2)cc1. The van der Waals surface area contributed by atoms with E-state index in [1.165, 1.54) is 17.7 Å². The summed E-state index contributed by atoms with van der Waals surface area (Å²) >= 11 is 0. The molecule has 2 atom stereocenters.